The number of aliphatic hydroxyl groups is 1. The van der Waals surface area contributed by atoms with Crippen LogP contribution in [0.25, 0.3) is 0 Å². The monoisotopic (exact) mass is 456 g/mol. The molecule has 0 aliphatic carbocycles. The van der Waals surface area contributed by atoms with Crippen LogP contribution in [-0.4, -0.2) is 46.4 Å². The van der Waals surface area contributed by atoms with Gasteiger partial charge in [0.2, 0.25) is 5.91 Å². The minimum atomic E-state index is -1.38. The molecule has 4 N–H and O–H groups in total. The number of carboxylic acids is 1. The first-order valence-corrected chi connectivity index (χ1v) is 10.7. The summed E-state index contributed by atoms with van der Waals surface area (Å²) in [6.07, 6.45) is -2.12. The lowest BCUT2D eigenvalue weighted by Gasteiger charge is -2.23. The van der Waals surface area contributed by atoms with E-state index in [0.717, 1.165) is 16.7 Å². The van der Waals surface area contributed by atoms with E-state index in [2.05, 4.69) is 31.4 Å². The zero-order valence-electron chi connectivity index (χ0n) is 19.4. The molecule has 8 nitrogen and oxygen atoms in total. The first-order valence-electron chi connectivity index (χ1n) is 10.7. The fraction of sp³-hybridized carbons (Fsp3) is 0.400. The van der Waals surface area contributed by atoms with E-state index in [4.69, 9.17) is 4.74 Å². The van der Waals surface area contributed by atoms with Crippen molar-refractivity contribution in [3.05, 3.63) is 71.3 Å². The van der Waals surface area contributed by atoms with E-state index >= 15 is 0 Å². The van der Waals surface area contributed by atoms with Crippen LogP contribution in [0.4, 0.5) is 4.79 Å². The third-order valence-electron chi connectivity index (χ3n) is 5.13. The molecule has 0 aliphatic rings. The van der Waals surface area contributed by atoms with Gasteiger partial charge in [-0.25, -0.2) is 9.59 Å². The Morgan fingerprint density at radius 2 is 1.55 bits per heavy atom. The topological polar surface area (TPSA) is 125 Å². The molecule has 33 heavy (non-hydrogen) atoms. The highest BCUT2D eigenvalue weighted by Crippen LogP contribution is 2.22. The van der Waals surface area contributed by atoms with Gasteiger partial charge >= 0.3 is 12.1 Å². The second-order valence-corrected chi connectivity index (χ2v) is 8.97. The van der Waals surface area contributed by atoms with E-state index in [-0.39, 0.29) is 18.4 Å². The third-order valence-corrected chi connectivity index (χ3v) is 5.13. The molecule has 2 rings (SSSR count). The van der Waals surface area contributed by atoms with Crippen LogP contribution in [0.1, 0.15) is 44.4 Å². The van der Waals surface area contributed by atoms with Crippen LogP contribution < -0.4 is 10.6 Å². The van der Waals surface area contributed by atoms with Gasteiger partial charge in [0.1, 0.15) is 18.7 Å². The molecule has 0 saturated carbocycles. The van der Waals surface area contributed by atoms with Gasteiger partial charge in [0, 0.05) is 6.42 Å². The number of nitrogens with one attached hydrogen (secondary N) is 2. The maximum absolute atomic E-state index is 12.7. The lowest BCUT2D eigenvalue weighted by molar-refractivity contribution is -0.142. The Kier molecular flexibility index (Phi) is 8.99. The number of alkyl carbamates (subject to hydrolysis) is 1. The largest absolute Gasteiger partial charge is 0.480 e. The normalized spacial score (nSPS) is 14.0. The van der Waals surface area contributed by atoms with Crippen molar-refractivity contribution < 1.29 is 29.3 Å². The number of benzene rings is 2. The minimum absolute atomic E-state index is 0.0108. The molecule has 2 aromatic rings. The van der Waals surface area contributed by atoms with Crippen LogP contribution in [0.2, 0.25) is 0 Å². The van der Waals surface area contributed by atoms with E-state index in [1.165, 1.54) is 6.92 Å². The molecule has 178 valence electrons. The van der Waals surface area contributed by atoms with E-state index in [1.807, 2.05) is 30.3 Å². The van der Waals surface area contributed by atoms with Crippen molar-refractivity contribution >= 4 is 18.0 Å². The van der Waals surface area contributed by atoms with Crippen molar-refractivity contribution in [2.24, 2.45) is 0 Å². The second kappa shape index (κ2) is 11.5. The fourth-order valence-corrected chi connectivity index (χ4v) is 3.14. The van der Waals surface area contributed by atoms with Crippen molar-refractivity contribution in [3.8, 4) is 0 Å². The Morgan fingerprint density at radius 3 is 2.06 bits per heavy atom. The molecule has 0 unspecified atom stereocenters. The van der Waals surface area contributed by atoms with Crippen molar-refractivity contribution in [2.75, 3.05) is 0 Å². The maximum atomic E-state index is 12.7. The van der Waals surface area contributed by atoms with Gasteiger partial charge in [0.05, 0.1) is 6.10 Å². The Balaban J connectivity index is 2.00. The predicted molar refractivity (Wildman–Crippen MR) is 124 cm³/mol. The summed E-state index contributed by atoms with van der Waals surface area (Å²) in [6.45, 7) is 7.55. The van der Waals surface area contributed by atoms with Gasteiger partial charge in [-0.05, 0) is 29.0 Å². The highest BCUT2D eigenvalue weighted by Gasteiger charge is 2.30. The van der Waals surface area contributed by atoms with Crippen molar-refractivity contribution in [2.45, 2.75) is 64.3 Å². The van der Waals surface area contributed by atoms with Crippen LogP contribution >= 0.6 is 0 Å². The molecule has 2 amide bonds. The maximum Gasteiger partial charge on any atom is 0.408 e. The van der Waals surface area contributed by atoms with Crippen LogP contribution in [0, 0.1) is 0 Å². The smallest absolute Gasteiger partial charge is 0.408 e. The summed E-state index contributed by atoms with van der Waals surface area (Å²) in [5.41, 5.74) is 2.56. The van der Waals surface area contributed by atoms with Crippen LogP contribution in [0.15, 0.2) is 54.6 Å². The lowest BCUT2D eigenvalue weighted by atomic mass is 9.86. The first-order chi connectivity index (χ1) is 15.5. The second-order valence-electron chi connectivity index (χ2n) is 8.97. The van der Waals surface area contributed by atoms with Gasteiger partial charge < -0.3 is 25.6 Å². The van der Waals surface area contributed by atoms with Gasteiger partial charge in [-0.15, -0.1) is 0 Å². The first kappa shape index (κ1) is 25.9. The molecule has 0 aromatic heterocycles. The average Bonchev–Trinajstić information content (AvgIpc) is 2.75. The summed E-state index contributed by atoms with van der Waals surface area (Å²) in [7, 11) is 0. The molecular weight excluding hydrogens is 424 g/mol. The molecule has 0 spiro atoms. The molecular formula is C25H32N2O6. The average molecular weight is 457 g/mol. The highest BCUT2D eigenvalue weighted by atomic mass is 16.5. The number of rotatable bonds is 9. The third kappa shape index (κ3) is 8.23. The molecule has 0 saturated heterocycles. The summed E-state index contributed by atoms with van der Waals surface area (Å²) in [6, 6.07) is 13.9. The van der Waals surface area contributed by atoms with Crippen LogP contribution in [0.5, 0.6) is 0 Å². The SMILES string of the molecule is C[C@@H](O)[C@H](NC(=O)OCc1ccccc1)C(=O)N[C@@H](Cc1ccc(C(C)(C)C)cc1)C(=O)O. The van der Waals surface area contributed by atoms with Gasteiger partial charge in [-0.3, -0.25) is 4.79 Å². The van der Waals surface area contributed by atoms with E-state index in [9.17, 15) is 24.6 Å². The molecule has 8 heteroatoms. The number of carbonyl (C=O) groups excluding carboxylic acids is 2. The fourth-order valence-electron chi connectivity index (χ4n) is 3.14. The summed E-state index contributed by atoms with van der Waals surface area (Å²) in [5.74, 6) is -2.04. The predicted octanol–water partition coefficient (Wildman–Crippen LogP) is 2.77. The van der Waals surface area contributed by atoms with E-state index in [0.29, 0.717) is 0 Å². The zero-order chi connectivity index (χ0) is 24.6. The van der Waals surface area contributed by atoms with Crippen molar-refractivity contribution in [3.63, 3.8) is 0 Å². The Labute approximate surface area is 194 Å². The lowest BCUT2D eigenvalue weighted by Crippen LogP contribution is -2.56. The minimum Gasteiger partial charge on any atom is -0.480 e. The Morgan fingerprint density at radius 1 is 0.939 bits per heavy atom. The zero-order valence-corrected chi connectivity index (χ0v) is 19.4. The molecule has 0 aliphatic heterocycles. The van der Waals surface area contributed by atoms with Crippen molar-refractivity contribution in [1.82, 2.24) is 10.6 Å². The van der Waals surface area contributed by atoms with Crippen molar-refractivity contribution in [1.29, 1.82) is 0 Å². The van der Waals surface area contributed by atoms with Crippen LogP contribution in [0.3, 0.4) is 0 Å². The van der Waals surface area contributed by atoms with Gasteiger partial charge in [-0.2, -0.15) is 0 Å². The van der Waals surface area contributed by atoms with Gasteiger partial charge in [0.25, 0.3) is 0 Å². The standard InChI is InChI=1S/C25H32N2O6/c1-16(28)21(27-24(32)33-15-18-8-6-5-7-9-18)22(29)26-20(23(30)31)14-17-10-12-19(13-11-17)25(2,3)4/h5-13,16,20-21,28H,14-15H2,1-4H3,(H,26,29)(H,27,32)(H,30,31)/t16-,20+,21+/m1/s1. The highest BCUT2D eigenvalue weighted by molar-refractivity contribution is 5.89. The molecule has 3 atom stereocenters. The Hall–Kier alpha value is -3.39. The summed E-state index contributed by atoms with van der Waals surface area (Å²) < 4.78 is 5.09. The van der Waals surface area contributed by atoms with E-state index in [1.54, 1.807) is 24.3 Å². The molecule has 0 radical (unpaired) electrons. The molecule has 0 bridgehead atoms. The van der Waals surface area contributed by atoms with E-state index < -0.39 is 36.2 Å². The Bertz CT molecular complexity index is 936. The number of ether oxygens (including phenoxy) is 1. The summed E-state index contributed by atoms with van der Waals surface area (Å²) in [5, 5.41) is 24.3. The number of amides is 2. The summed E-state index contributed by atoms with van der Waals surface area (Å²) in [4.78, 5) is 36.5. The molecule has 0 fully saturated rings. The summed E-state index contributed by atoms with van der Waals surface area (Å²) >= 11 is 0. The number of aliphatic hydroxyl groups excluding tert-OH is 1. The van der Waals surface area contributed by atoms with Gasteiger partial charge in [0.15, 0.2) is 0 Å². The van der Waals surface area contributed by atoms with Gasteiger partial charge in [-0.1, -0.05) is 75.4 Å². The number of aliphatic carboxylic acids is 1. The number of carbonyl (C=O) groups is 3. The number of hydrogen-bond donors (Lipinski definition) is 4. The number of hydrogen-bond acceptors (Lipinski definition) is 5. The van der Waals surface area contributed by atoms with Crippen LogP contribution in [-0.2, 0) is 32.8 Å². The quantitative estimate of drug-likeness (QED) is 0.460. The molecule has 0 heterocycles. The molecule has 2 aromatic carbocycles. The number of carboxylic acid groups (broad SMARTS) is 1.